The van der Waals surface area contributed by atoms with Gasteiger partial charge in [-0.1, -0.05) is 6.92 Å². The van der Waals surface area contributed by atoms with Crippen LogP contribution in [0, 0.1) is 5.92 Å². The van der Waals surface area contributed by atoms with Crippen molar-refractivity contribution in [3.05, 3.63) is 23.8 Å². The van der Waals surface area contributed by atoms with Crippen molar-refractivity contribution in [2.45, 2.75) is 26.3 Å². The number of nitrogens with zero attached hydrogens (tertiary/aromatic N) is 1. The minimum atomic E-state index is 0.625. The van der Waals surface area contributed by atoms with Crippen molar-refractivity contribution in [2.75, 3.05) is 27.3 Å². The van der Waals surface area contributed by atoms with Crippen LogP contribution in [0.4, 0.5) is 0 Å². The van der Waals surface area contributed by atoms with Gasteiger partial charge in [-0.2, -0.15) is 0 Å². The number of methoxy groups -OCH3 is 2. The van der Waals surface area contributed by atoms with E-state index >= 15 is 0 Å². The first-order valence-corrected chi connectivity index (χ1v) is 7.23. The Morgan fingerprint density at radius 3 is 2.85 bits per heavy atom. The molecule has 1 aliphatic rings. The van der Waals surface area contributed by atoms with Gasteiger partial charge in [0.15, 0.2) is 0 Å². The summed E-state index contributed by atoms with van der Waals surface area (Å²) < 4.78 is 10.6. The first-order valence-electron chi connectivity index (χ1n) is 7.23. The van der Waals surface area contributed by atoms with Crippen LogP contribution in [-0.2, 0) is 6.54 Å². The van der Waals surface area contributed by atoms with E-state index in [0.29, 0.717) is 12.5 Å². The number of nitrogens with one attached hydrogen (secondary N) is 1. The van der Waals surface area contributed by atoms with Gasteiger partial charge in [0.2, 0.25) is 0 Å². The van der Waals surface area contributed by atoms with Crippen molar-refractivity contribution in [2.24, 2.45) is 10.9 Å². The minimum Gasteiger partial charge on any atom is -0.497 e. The Balaban J connectivity index is 2.12. The monoisotopic (exact) mass is 276 g/mol. The highest BCUT2D eigenvalue weighted by Crippen LogP contribution is 2.25. The minimum absolute atomic E-state index is 0.625. The summed E-state index contributed by atoms with van der Waals surface area (Å²) in [7, 11) is 3.34. The number of hydrogen-bond acceptors (Lipinski definition) is 4. The van der Waals surface area contributed by atoms with E-state index in [0.717, 1.165) is 30.2 Å². The molecule has 0 saturated carbocycles. The van der Waals surface area contributed by atoms with Crippen LogP contribution in [0.15, 0.2) is 23.2 Å². The fraction of sp³-hybridized carbons (Fsp3) is 0.562. The molecule has 110 valence electrons. The van der Waals surface area contributed by atoms with E-state index < -0.39 is 0 Å². The normalized spacial score (nSPS) is 20.9. The molecule has 1 fully saturated rings. The molecule has 0 aliphatic carbocycles. The van der Waals surface area contributed by atoms with Gasteiger partial charge >= 0.3 is 0 Å². The van der Waals surface area contributed by atoms with Crippen LogP contribution in [0.1, 0.15) is 25.3 Å². The molecular weight excluding hydrogens is 252 g/mol. The maximum absolute atomic E-state index is 5.42. The Kier molecular flexibility index (Phi) is 5.41. The maximum atomic E-state index is 5.42. The highest BCUT2D eigenvalue weighted by atomic mass is 16.5. The van der Waals surface area contributed by atoms with Gasteiger partial charge in [0.1, 0.15) is 11.5 Å². The number of benzene rings is 1. The molecule has 4 heteroatoms. The third kappa shape index (κ3) is 3.51. The van der Waals surface area contributed by atoms with Crippen LogP contribution in [0.3, 0.4) is 0 Å². The average Bonchev–Trinajstić information content (AvgIpc) is 2.52. The molecule has 1 saturated heterocycles. The standard InChI is InChI=1S/C16H24N2O2/c1-4-12-7-8-17-11-15(12)18-10-13-5-6-14(19-2)9-16(13)20-3/h5-6,9,12,17H,4,7-8,10-11H2,1-3H3. The zero-order chi connectivity index (χ0) is 14.4. The lowest BCUT2D eigenvalue weighted by molar-refractivity contribution is 0.391. The lowest BCUT2D eigenvalue weighted by Gasteiger charge is -2.24. The second-order valence-electron chi connectivity index (χ2n) is 5.06. The molecule has 1 heterocycles. The van der Waals surface area contributed by atoms with Gasteiger partial charge in [0.25, 0.3) is 0 Å². The molecule has 0 aromatic heterocycles. The highest BCUT2D eigenvalue weighted by molar-refractivity contribution is 5.89. The molecule has 1 N–H and O–H groups in total. The van der Waals surface area contributed by atoms with Gasteiger partial charge in [0, 0.05) is 23.9 Å². The van der Waals surface area contributed by atoms with Crippen LogP contribution < -0.4 is 14.8 Å². The van der Waals surface area contributed by atoms with Crippen LogP contribution in [-0.4, -0.2) is 33.0 Å². The van der Waals surface area contributed by atoms with Gasteiger partial charge < -0.3 is 14.8 Å². The molecule has 0 radical (unpaired) electrons. The van der Waals surface area contributed by atoms with E-state index in [-0.39, 0.29) is 0 Å². The molecule has 1 aromatic rings. The summed E-state index contributed by atoms with van der Waals surface area (Å²) in [4.78, 5) is 4.80. The number of aliphatic imine (C=N–C) groups is 1. The number of piperidine rings is 1. The average molecular weight is 276 g/mol. The third-order valence-corrected chi connectivity index (χ3v) is 3.89. The quantitative estimate of drug-likeness (QED) is 0.899. The summed E-state index contributed by atoms with van der Waals surface area (Å²) in [6.45, 7) is 4.92. The zero-order valence-electron chi connectivity index (χ0n) is 12.6. The largest absolute Gasteiger partial charge is 0.497 e. The van der Waals surface area contributed by atoms with Crippen LogP contribution in [0.5, 0.6) is 11.5 Å². The predicted octanol–water partition coefficient (Wildman–Crippen LogP) is 2.66. The molecule has 20 heavy (non-hydrogen) atoms. The molecule has 1 atom stereocenters. The van der Waals surface area contributed by atoms with Crippen LogP contribution in [0.2, 0.25) is 0 Å². The first-order chi connectivity index (χ1) is 9.78. The second-order valence-corrected chi connectivity index (χ2v) is 5.06. The molecule has 0 amide bonds. The van der Waals surface area contributed by atoms with E-state index in [1.807, 2.05) is 18.2 Å². The molecule has 0 bridgehead atoms. The van der Waals surface area contributed by atoms with Crippen LogP contribution >= 0.6 is 0 Å². The number of rotatable bonds is 5. The summed E-state index contributed by atoms with van der Waals surface area (Å²) >= 11 is 0. The molecular formula is C16H24N2O2. The van der Waals surface area contributed by atoms with E-state index in [1.165, 1.54) is 18.6 Å². The lowest BCUT2D eigenvalue weighted by atomic mass is 9.93. The molecule has 4 nitrogen and oxygen atoms in total. The first kappa shape index (κ1) is 14.9. The highest BCUT2D eigenvalue weighted by Gasteiger charge is 2.18. The van der Waals surface area contributed by atoms with Crippen molar-refractivity contribution >= 4 is 5.71 Å². The van der Waals surface area contributed by atoms with Gasteiger partial charge in [-0.05, 0) is 37.4 Å². The molecule has 2 rings (SSSR count). The van der Waals surface area contributed by atoms with Crippen molar-refractivity contribution in [3.8, 4) is 11.5 Å². The Bertz CT molecular complexity index is 472. The Labute approximate surface area is 121 Å². The van der Waals surface area contributed by atoms with Crippen molar-refractivity contribution < 1.29 is 9.47 Å². The van der Waals surface area contributed by atoms with Gasteiger partial charge in [-0.3, -0.25) is 4.99 Å². The second kappa shape index (κ2) is 7.29. The summed E-state index contributed by atoms with van der Waals surface area (Å²) in [5, 5.41) is 3.40. The van der Waals surface area contributed by atoms with Crippen molar-refractivity contribution in [3.63, 3.8) is 0 Å². The fourth-order valence-electron chi connectivity index (χ4n) is 2.60. The van der Waals surface area contributed by atoms with E-state index in [1.54, 1.807) is 14.2 Å². The van der Waals surface area contributed by atoms with E-state index in [2.05, 4.69) is 12.2 Å². The van der Waals surface area contributed by atoms with Crippen molar-refractivity contribution in [1.82, 2.24) is 5.32 Å². The van der Waals surface area contributed by atoms with E-state index in [9.17, 15) is 0 Å². The fourth-order valence-corrected chi connectivity index (χ4v) is 2.60. The topological polar surface area (TPSA) is 42.9 Å². The molecule has 1 aliphatic heterocycles. The number of hydrogen-bond donors (Lipinski definition) is 1. The SMILES string of the molecule is CCC1CCNCC1=NCc1ccc(OC)cc1OC. The Hall–Kier alpha value is -1.55. The van der Waals surface area contributed by atoms with Gasteiger partial charge in [0.05, 0.1) is 20.8 Å². The molecule has 0 spiro atoms. The summed E-state index contributed by atoms with van der Waals surface area (Å²) in [5.41, 5.74) is 2.39. The zero-order valence-corrected chi connectivity index (χ0v) is 12.6. The molecule has 1 aromatic carbocycles. The smallest absolute Gasteiger partial charge is 0.127 e. The summed E-state index contributed by atoms with van der Waals surface area (Å²) in [6, 6.07) is 5.89. The predicted molar refractivity (Wildman–Crippen MR) is 82.0 cm³/mol. The summed E-state index contributed by atoms with van der Waals surface area (Å²) in [5.74, 6) is 2.27. The van der Waals surface area contributed by atoms with Crippen LogP contribution in [0.25, 0.3) is 0 Å². The van der Waals surface area contributed by atoms with Gasteiger partial charge in [-0.25, -0.2) is 0 Å². The molecule has 1 unspecified atom stereocenters. The van der Waals surface area contributed by atoms with E-state index in [4.69, 9.17) is 14.5 Å². The number of ether oxygens (including phenoxy) is 2. The van der Waals surface area contributed by atoms with Gasteiger partial charge in [-0.15, -0.1) is 0 Å². The van der Waals surface area contributed by atoms with Crippen molar-refractivity contribution in [1.29, 1.82) is 0 Å². The Morgan fingerprint density at radius 2 is 2.15 bits per heavy atom. The maximum Gasteiger partial charge on any atom is 0.127 e. The third-order valence-electron chi connectivity index (χ3n) is 3.89. The lowest BCUT2D eigenvalue weighted by Crippen LogP contribution is -2.36. The Morgan fingerprint density at radius 1 is 1.30 bits per heavy atom. The summed E-state index contributed by atoms with van der Waals surface area (Å²) in [6.07, 6.45) is 2.36.